The maximum atomic E-state index is 5.66. The fraction of sp³-hybridized carbons (Fsp3) is 0.900. The van der Waals surface area contributed by atoms with Crippen LogP contribution in [0.1, 0.15) is 19.3 Å². The maximum Gasteiger partial charge on any atom is 0.188 e. The molecule has 6 heteroatoms. The van der Waals surface area contributed by atoms with Crippen molar-refractivity contribution < 1.29 is 9.47 Å². The molecule has 96 valence electrons. The highest BCUT2D eigenvalue weighted by molar-refractivity contribution is 14.0. The van der Waals surface area contributed by atoms with Crippen molar-refractivity contribution in [2.75, 3.05) is 33.5 Å². The summed E-state index contributed by atoms with van der Waals surface area (Å²) in [5, 5.41) is 3.13. The molecule has 1 fully saturated rings. The second-order valence-electron chi connectivity index (χ2n) is 3.64. The number of guanidine groups is 1. The molecule has 16 heavy (non-hydrogen) atoms. The quantitative estimate of drug-likeness (QED) is 0.295. The first-order valence-corrected chi connectivity index (χ1v) is 5.46. The zero-order chi connectivity index (χ0) is 10.9. The molecule has 0 aromatic heterocycles. The van der Waals surface area contributed by atoms with Gasteiger partial charge in [0.1, 0.15) is 0 Å². The molecule has 0 saturated heterocycles. The van der Waals surface area contributed by atoms with Gasteiger partial charge in [-0.05, 0) is 19.3 Å². The Morgan fingerprint density at radius 2 is 2.12 bits per heavy atom. The highest BCUT2D eigenvalue weighted by Gasteiger charge is 2.21. The van der Waals surface area contributed by atoms with E-state index in [4.69, 9.17) is 15.2 Å². The van der Waals surface area contributed by atoms with Gasteiger partial charge >= 0.3 is 0 Å². The summed E-state index contributed by atoms with van der Waals surface area (Å²) < 4.78 is 10.1. The summed E-state index contributed by atoms with van der Waals surface area (Å²) in [6, 6.07) is 0.576. The number of methoxy groups -OCH3 is 1. The van der Waals surface area contributed by atoms with Crippen molar-refractivity contribution in [3.63, 3.8) is 0 Å². The molecule has 1 aliphatic carbocycles. The second-order valence-corrected chi connectivity index (χ2v) is 3.64. The number of hydrogen-bond donors (Lipinski definition) is 2. The van der Waals surface area contributed by atoms with Crippen LogP contribution >= 0.6 is 24.0 Å². The zero-order valence-corrected chi connectivity index (χ0v) is 12.1. The Bertz CT molecular complexity index is 199. The first-order chi connectivity index (χ1) is 7.33. The van der Waals surface area contributed by atoms with E-state index in [9.17, 15) is 0 Å². The topological polar surface area (TPSA) is 68.9 Å². The van der Waals surface area contributed by atoms with E-state index in [2.05, 4.69) is 10.3 Å². The molecule has 1 aliphatic rings. The predicted octanol–water partition coefficient (Wildman–Crippen LogP) is 0.724. The summed E-state index contributed by atoms with van der Waals surface area (Å²) in [4.78, 5) is 4.19. The van der Waals surface area contributed by atoms with Crippen LogP contribution in [0.25, 0.3) is 0 Å². The summed E-state index contributed by atoms with van der Waals surface area (Å²) in [7, 11) is 1.66. The Hall–Kier alpha value is -0.0800. The van der Waals surface area contributed by atoms with Crippen LogP contribution in [0.4, 0.5) is 0 Å². The average Bonchev–Trinajstić information content (AvgIpc) is 3.00. The normalized spacial score (nSPS) is 15.7. The van der Waals surface area contributed by atoms with E-state index in [0.29, 0.717) is 31.8 Å². The van der Waals surface area contributed by atoms with E-state index in [1.807, 2.05) is 0 Å². The third-order valence-electron chi connectivity index (χ3n) is 2.09. The first kappa shape index (κ1) is 15.9. The number of ether oxygens (including phenoxy) is 2. The Labute approximate surface area is 114 Å². The van der Waals surface area contributed by atoms with Crippen molar-refractivity contribution in [1.29, 1.82) is 0 Å². The molecule has 0 spiro atoms. The van der Waals surface area contributed by atoms with Gasteiger partial charge in [0, 0.05) is 26.3 Å². The second kappa shape index (κ2) is 10.1. The van der Waals surface area contributed by atoms with Crippen molar-refractivity contribution in [3.05, 3.63) is 0 Å². The van der Waals surface area contributed by atoms with Crippen LogP contribution in [0, 0.1) is 0 Å². The van der Waals surface area contributed by atoms with E-state index in [1.54, 1.807) is 7.11 Å². The summed E-state index contributed by atoms with van der Waals surface area (Å²) in [6.45, 7) is 2.73. The Balaban J connectivity index is 0.00000225. The lowest BCUT2D eigenvalue weighted by Crippen LogP contribution is -2.33. The van der Waals surface area contributed by atoms with Gasteiger partial charge in [-0.15, -0.1) is 24.0 Å². The average molecular weight is 343 g/mol. The van der Waals surface area contributed by atoms with Crippen LogP contribution in [0.3, 0.4) is 0 Å². The molecule has 0 aliphatic heterocycles. The molecule has 1 saturated carbocycles. The van der Waals surface area contributed by atoms with Gasteiger partial charge < -0.3 is 20.5 Å². The van der Waals surface area contributed by atoms with Gasteiger partial charge in [0.15, 0.2) is 5.96 Å². The number of nitrogens with one attached hydrogen (secondary N) is 1. The van der Waals surface area contributed by atoms with Crippen LogP contribution in [0.15, 0.2) is 4.99 Å². The predicted molar refractivity (Wildman–Crippen MR) is 75.4 cm³/mol. The number of nitrogens with zero attached hydrogens (tertiary/aromatic N) is 1. The van der Waals surface area contributed by atoms with E-state index < -0.39 is 0 Å². The SMILES string of the molecule is COCCOCCCN=C(N)NC1CC1.I. The fourth-order valence-electron chi connectivity index (χ4n) is 1.09. The van der Waals surface area contributed by atoms with Gasteiger partial charge in [0.25, 0.3) is 0 Å². The molecule has 5 nitrogen and oxygen atoms in total. The molecule has 3 N–H and O–H groups in total. The summed E-state index contributed by atoms with van der Waals surface area (Å²) in [5.41, 5.74) is 5.66. The van der Waals surface area contributed by atoms with E-state index in [1.165, 1.54) is 12.8 Å². The van der Waals surface area contributed by atoms with Crippen molar-refractivity contribution in [1.82, 2.24) is 5.32 Å². The fourth-order valence-corrected chi connectivity index (χ4v) is 1.09. The molecular formula is C10H22IN3O2. The number of hydrogen-bond acceptors (Lipinski definition) is 3. The monoisotopic (exact) mass is 343 g/mol. The number of aliphatic imine (C=N–C) groups is 1. The molecule has 0 atom stereocenters. The summed E-state index contributed by atoms with van der Waals surface area (Å²) >= 11 is 0. The van der Waals surface area contributed by atoms with Gasteiger partial charge in [-0.3, -0.25) is 4.99 Å². The highest BCUT2D eigenvalue weighted by Crippen LogP contribution is 2.17. The summed E-state index contributed by atoms with van der Waals surface area (Å²) in [6.07, 6.45) is 3.34. The van der Waals surface area contributed by atoms with Gasteiger partial charge in [0.2, 0.25) is 0 Å². The number of rotatable bonds is 8. The van der Waals surface area contributed by atoms with Crippen molar-refractivity contribution in [2.24, 2.45) is 10.7 Å². The lowest BCUT2D eigenvalue weighted by molar-refractivity contribution is 0.0702. The molecule has 0 aromatic carbocycles. The molecule has 0 aromatic rings. The van der Waals surface area contributed by atoms with Gasteiger partial charge in [-0.1, -0.05) is 0 Å². The first-order valence-electron chi connectivity index (χ1n) is 5.46. The minimum absolute atomic E-state index is 0. The van der Waals surface area contributed by atoms with Gasteiger partial charge in [-0.25, -0.2) is 0 Å². The minimum atomic E-state index is 0. The Kier molecular flexibility index (Phi) is 10.0. The van der Waals surface area contributed by atoms with Crippen molar-refractivity contribution >= 4 is 29.9 Å². The molecule has 0 heterocycles. The lowest BCUT2D eigenvalue weighted by Gasteiger charge is -2.03. The third kappa shape index (κ3) is 9.17. The van der Waals surface area contributed by atoms with Crippen LogP contribution in [0.2, 0.25) is 0 Å². The largest absolute Gasteiger partial charge is 0.382 e. The van der Waals surface area contributed by atoms with E-state index in [-0.39, 0.29) is 24.0 Å². The van der Waals surface area contributed by atoms with Crippen molar-refractivity contribution in [2.45, 2.75) is 25.3 Å². The number of halogens is 1. The molecule has 1 rings (SSSR count). The van der Waals surface area contributed by atoms with Crippen LogP contribution in [-0.4, -0.2) is 45.5 Å². The third-order valence-corrected chi connectivity index (χ3v) is 2.09. The molecular weight excluding hydrogens is 321 g/mol. The van der Waals surface area contributed by atoms with Gasteiger partial charge in [-0.2, -0.15) is 0 Å². The molecule has 0 unspecified atom stereocenters. The smallest absolute Gasteiger partial charge is 0.188 e. The lowest BCUT2D eigenvalue weighted by atomic mass is 10.4. The van der Waals surface area contributed by atoms with Gasteiger partial charge in [0.05, 0.1) is 13.2 Å². The number of nitrogens with two attached hydrogens (primary N) is 1. The Morgan fingerprint density at radius 3 is 2.75 bits per heavy atom. The van der Waals surface area contributed by atoms with Crippen molar-refractivity contribution in [3.8, 4) is 0 Å². The minimum Gasteiger partial charge on any atom is -0.382 e. The zero-order valence-electron chi connectivity index (χ0n) is 9.78. The van der Waals surface area contributed by atoms with Crippen LogP contribution in [-0.2, 0) is 9.47 Å². The standard InChI is InChI=1S/C10H21N3O2.HI/c1-14-7-8-15-6-2-5-12-10(11)13-9-3-4-9;/h9H,2-8H2,1H3,(H3,11,12,13);1H. The van der Waals surface area contributed by atoms with E-state index >= 15 is 0 Å². The molecule has 0 amide bonds. The highest BCUT2D eigenvalue weighted by atomic mass is 127. The van der Waals surface area contributed by atoms with Crippen LogP contribution in [0.5, 0.6) is 0 Å². The molecule has 0 bridgehead atoms. The molecule has 0 radical (unpaired) electrons. The van der Waals surface area contributed by atoms with Crippen LogP contribution < -0.4 is 11.1 Å². The summed E-state index contributed by atoms with van der Waals surface area (Å²) in [5.74, 6) is 0.564. The maximum absolute atomic E-state index is 5.66. The Morgan fingerprint density at radius 1 is 1.38 bits per heavy atom. The van der Waals surface area contributed by atoms with E-state index in [0.717, 1.165) is 13.0 Å².